The molecule has 1 aromatic rings. The molecule has 0 aliphatic carbocycles. The first-order chi connectivity index (χ1) is 8.13. The zero-order valence-corrected chi connectivity index (χ0v) is 11.5. The molecule has 1 aromatic carbocycles. The fourth-order valence-corrected chi connectivity index (χ4v) is 2.66. The van der Waals surface area contributed by atoms with Crippen LogP contribution in [0.1, 0.15) is 31.7 Å². The number of carbonyl (C=O) groups is 1. The second-order valence-electron chi connectivity index (χ2n) is 3.85. The van der Waals surface area contributed by atoms with Crippen LogP contribution >= 0.6 is 23.4 Å². The Balaban J connectivity index is 2.65. The van der Waals surface area contributed by atoms with Gasteiger partial charge in [0.25, 0.3) is 0 Å². The van der Waals surface area contributed by atoms with Gasteiger partial charge in [0, 0.05) is 16.3 Å². The van der Waals surface area contributed by atoms with E-state index in [-0.39, 0.29) is 6.42 Å². The van der Waals surface area contributed by atoms with E-state index in [4.69, 9.17) is 16.7 Å². The molecule has 0 aliphatic rings. The molecule has 0 amide bonds. The molecule has 0 radical (unpaired) electrons. The number of benzene rings is 1. The molecule has 0 aliphatic heterocycles. The molecule has 2 nitrogen and oxygen atoms in total. The lowest BCUT2D eigenvalue weighted by Crippen LogP contribution is -1.97. The summed E-state index contributed by atoms with van der Waals surface area (Å²) in [6, 6.07) is 5.86. The van der Waals surface area contributed by atoms with Crippen molar-refractivity contribution in [2.24, 2.45) is 0 Å². The van der Waals surface area contributed by atoms with E-state index >= 15 is 0 Å². The molecular formula is C13H17ClO2S. The monoisotopic (exact) mass is 272 g/mol. The van der Waals surface area contributed by atoms with Crippen LogP contribution in [0.25, 0.3) is 0 Å². The highest BCUT2D eigenvalue weighted by molar-refractivity contribution is 7.99. The predicted molar refractivity (Wildman–Crippen MR) is 73.0 cm³/mol. The number of hydrogen-bond donors (Lipinski definition) is 1. The van der Waals surface area contributed by atoms with Gasteiger partial charge in [0.15, 0.2) is 0 Å². The van der Waals surface area contributed by atoms with Gasteiger partial charge in [0.05, 0.1) is 0 Å². The smallest absolute Gasteiger partial charge is 0.303 e. The summed E-state index contributed by atoms with van der Waals surface area (Å²) in [6.45, 7) is 2.15. The van der Waals surface area contributed by atoms with Crippen LogP contribution in [-0.4, -0.2) is 16.8 Å². The van der Waals surface area contributed by atoms with Gasteiger partial charge in [-0.3, -0.25) is 4.79 Å². The molecule has 4 heteroatoms. The van der Waals surface area contributed by atoms with Gasteiger partial charge in [-0.25, -0.2) is 0 Å². The molecule has 0 fully saturated rings. The van der Waals surface area contributed by atoms with Crippen molar-refractivity contribution >= 4 is 29.3 Å². The molecule has 1 rings (SSSR count). The summed E-state index contributed by atoms with van der Waals surface area (Å²) in [6.07, 6.45) is 2.78. The van der Waals surface area contributed by atoms with E-state index in [0.717, 1.165) is 29.2 Å². The fourth-order valence-electron chi connectivity index (χ4n) is 1.53. The van der Waals surface area contributed by atoms with Gasteiger partial charge < -0.3 is 5.11 Å². The lowest BCUT2D eigenvalue weighted by atomic mass is 10.1. The first-order valence-electron chi connectivity index (χ1n) is 5.76. The molecule has 17 heavy (non-hydrogen) atoms. The van der Waals surface area contributed by atoms with E-state index in [1.54, 1.807) is 0 Å². The third-order valence-electron chi connectivity index (χ3n) is 2.32. The van der Waals surface area contributed by atoms with Crippen LogP contribution in [0, 0.1) is 0 Å². The Bertz CT molecular complexity index is 380. The van der Waals surface area contributed by atoms with Crippen LogP contribution in [0.3, 0.4) is 0 Å². The molecule has 0 aromatic heterocycles. The Morgan fingerprint density at radius 1 is 1.47 bits per heavy atom. The first-order valence-corrected chi connectivity index (χ1v) is 7.13. The quantitative estimate of drug-likeness (QED) is 0.754. The minimum absolute atomic E-state index is 0.213. The summed E-state index contributed by atoms with van der Waals surface area (Å²) >= 11 is 7.78. The molecule has 1 N–H and O–H groups in total. The molecule has 0 atom stereocenters. The van der Waals surface area contributed by atoms with E-state index in [9.17, 15) is 4.79 Å². The average molecular weight is 273 g/mol. The van der Waals surface area contributed by atoms with Crippen LogP contribution in [0.5, 0.6) is 0 Å². The minimum Gasteiger partial charge on any atom is -0.481 e. The van der Waals surface area contributed by atoms with Crippen LogP contribution < -0.4 is 0 Å². The number of thioether (sulfide) groups is 1. The molecule has 0 bridgehead atoms. The Morgan fingerprint density at radius 3 is 2.88 bits per heavy atom. The van der Waals surface area contributed by atoms with Crippen molar-refractivity contribution in [1.82, 2.24) is 0 Å². The number of aliphatic carboxylic acids is 1. The van der Waals surface area contributed by atoms with E-state index in [0.29, 0.717) is 6.42 Å². The Morgan fingerprint density at radius 2 is 2.24 bits per heavy atom. The van der Waals surface area contributed by atoms with Crippen molar-refractivity contribution in [3.05, 3.63) is 28.8 Å². The average Bonchev–Trinajstić information content (AvgIpc) is 2.27. The van der Waals surface area contributed by atoms with Crippen molar-refractivity contribution in [1.29, 1.82) is 0 Å². The van der Waals surface area contributed by atoms with E-state index < -0.39 is 5.97 Å². The minimum atomic E-state index is -0.741. The zero-order chi connectivity index (χ0) is 12.7. The maximum absolute atomic E-state index is 10.5. The highest BCUT2D eigenvalue weighted by Gasteiger charge is 2.05. The van der Waals surface area contributed by atoms with Gasteiger partial charge in [-0.1, -0.05) is 18.5 Å². The number of hydrogen-bond acceptors (Lipinski definition) is 2. The van der Waals surface area contributed by atoms with Gasteiger partial charge >= 0.3 is 5.97 Å². The van der Waals surface area contributed by atoms with Crippen LogP contribution in [0.2, 0.25) is 5.02 Å². The highest BCUT2D eigenvalue weighted by atomic mass is 35.5. The third-order valence-corrected chi connectivity index (χ3v) is 3.88. The van der Waals surface area contributed by atoms with Crippen molar-refractivity contribution < 1.29 is 9.90 Å². The van der Waals surface area contributed by atoms with Crippen LogP contribution in [0.15, 0.2) is 23.1 Å². The summed E-state index contributed by atoms with van der Waals surface area (Å²) < 4.78 is 0. The fraction of sp³-hybridized carbons (Fsp3) is 0.462. The third kappa shape index (κ3) is 5.46. The SMILES string of the molecule is CCCSc1ccc(Cl)cc1CCCC(=O)O. The van der Waals surface area contributed by atoms with Gasteiger partial charge in [-0.2, -0.15) is 0 Å². The van der Waals surface area contributed by atoms with Crippen molar-refractivity contribution in [2.45, 2.75) is 37.5 Å². The zero-order valence-electron chi connectivity index (χ0n) is 9.91. The molecule has 0 unspecified atom stereocenters. The summed E-state index contributed by atoms with van der Waals surface area (Å²) in [5.74, 6) is 0.336. The number of carboxylic acids is 1. The van der Waals surface area contributed by atoms with E-state index in [1.165, 1.54) is 4.90 Å². The molecule has 0 heterocycles. The maximum Gasteiger partial charge on any atom is 0.303 e. The van der Waals surface area contributed by atoms with E-state index in [1.807, 2.05) is 30.0 Å². The number of halogens is 1. The van der Waals surface area contributed by atoms with Gasteiger partial charge in [-0.15, -0.1) is 11.8 Å². The number of carboxylic acid groups (broad SMARTS) is 1. The maximum atomic E-state index is 10.5. The summed E-state index contributed by atoms with van der Waals surface area (Å²) in [7, 11) is 0. The summed E-state index contributed by atoms with van der Waals surface area (Å²) in [4.78, 5) is 11.7. The highest BCUT2D eigenvalue weighted by Crippen LogP contribution is 2.27. The molecule has 0 saturated heterocycles. The van der Waals surface area contributed by atoms with Crippen LogP contribution in [-0.2, 0) is 11.2 Å². The molecule has 94 valence electrons. The normalized spacial score (nSPS) is 10.5. The standard InChI is InChI=1S/C13H17ClO2S/c1-2-8-17-12-7-6-11(14)9-10(12)4-3-5-13(15)16/h6-7,9H,2-5,8H2,1H3,(H,15,16). The second-order valence-corrected chi connectivity index (χ2v) is 5.42. The van der Waals surface area contributed by atoms with Crippen LogP contribution in [0.4, 0.5) is 0 Å². The predicted octanol–water partition coefficient (Wildman–Crippen LogP) is 4.25. The molecule has 0 spiro atoms. The molecule has 0 saturated carbocycles. The largest absolute Gasteiger partial charge is 0.481 e. The van der Waals surface area contributed by atoms with Crippen molar-refractivity contribution in [2.75, 3.05) is 5.75 Å². The molecular weight excluding hydrogens is 256 g/mol. The lowest BCUT2D eigenvalue weighted by molar-refractivity contribution is -0.137. The Labute approximate surface area is 111 Å². The van der Waals surface area contributed by atoms with Gasteiger partial charge in [0.2, 0.25) is 0 Å². The van der Waals surface area contributed by atoms with Crippen molar-refractivity contribution in [3.8, 4) is 0 Å². The van der Waals surface area contributed by atoms with Gasteiger partial charge in [-0.05, 0) is 48.8 Å². The van der Waals surface area contributed by atoms with E-state index in [2.05, 4.69) is 6.92 Å². The van der Waals surface area contributed by atoms with Gasteiger partial charge in [0.1, 0.15) is 0 Å². The lowest BCUT2D eigenvalue weighted by Gasteiger charge is -2.08. The Kier molecular flexibility index (Phi) is 6.45. The van der Waals surface area contributed by atoms with Crippen molar-refractivity contribution in [3.63, 3.8) is 0 Å². The second kappa shape index (κ2) is 7.62. The summed E-state index contributed by atoms with van der Waals surface area (Å²) in [5.41, 5.74) is 1.16. The number of aryl methyl sites for hydroxylation is 1. The Hall–Kier alpha value is -0.670. The topological polar surface area (TPSA) is 37.3 Å². The number of rotatable bonds is 7. The first kappa shape index (κ1) is 14.4. The summed E-state index contributed by atoms with van der Waals surface area (Å²) in [5, 5.41) is 9.34.